The molecule has 116 valence electrons. The maximum Gasteiger partial charge on any atom is 0.274 e. The Morgan fingerprint density at radius 2 is 2.18 bits per heavy atom. The molecule has 3 atom stereocenters. The van der Waals surface area contributed by atoms with Gasteiger partial charge in [-0.05, 0) is 43.2 Å². The molecule has 0 aromatic carbocycles. The molecule has 0 spiro atoms. The van der Waals surface area contributed by atoms with E-state index in [0.717, 1.165) is 12.3 Å². The fourth-order valence-corrected chi connectivity index (χ4v) is 4.27. The van der Waals surface area contributed by atoms with Crippen molar-refractivity contribution in [1.29, 1.82) is 0 Å². The second-order valence-corrected chi connectivity index (χ2v) is 6.78. The molecule has 4 rings (SSSR count). The Morgan fingerprint density at radius 3 is 3.05 bits per heavy atom. The van der Waals surface area contributed by atoms with E-state index in [1.807, 2.05) is 0 Å². The molecule has 4 nitrogen and oxygen atoms in total. The average molecular weight is 322 g/mol. The highest BCUT2D eigenvalue weighted by atomic mass is 35.5. The Balaban J connectivity index is 1.59. The highest BCUT2D eigenvalue weighted by molar-refractivity contribution is 6.30. The number of carbonyl (C=O) groups is 1. The van der Waals surface area contributed by atoms with Gasteiger partial charge in [-0.25, -0.2) is 4.98 Å². The van der Waals surface area contributed by atoms with Crippen molar-refractivity contribution < 1.29 is 9.18 Å². The first kappa shape index (κ1) is 14.0. The quantitative estimate of drug-likeness (QED) is 0.921. The zero-order valence-corrected chi connectivity index (χ0v) is 12.8. The number of nitrogens with one attached hydrogen (secondary N) is 1. The minimum Gasteiger partial charge on any atom is -0.348 e. The Labute approximate surface area is 132 Å². The molecule has 1 amide bonds. The zero-order chi connectivity index (χ0) is 15.3. The SMILES string of the molecule is O=C(N[C@H]1CC[C@@H]2CCC[C@@H]21)c1nc2ccc(Cl)cn2c1F. The van der Waals surface area contributed by atoms with Gasteiger partial charge in [0, 0.05) is 12.2 Å². The van der Waals surface area contributed by atoms with E-state index in [4.69, 9.17) is 11.6 Å². The Bertz CT molecular complexity index is 744. The van der Waals surface area contributed by atoms with Gasteiger partial charge < -0.3 is 5.32 Å². The third-order valence-corrected chi connectivity index (χ3v) is 5.36. The molecule has 0 bridgehead atoms. The first-order chi connectivity index (χ1) is 10.6. The van der Waals surface area contributed by atoms with Gasteiger partial charge in [0.15, 0.2) is 5.69 Å². The van der Waals surface area contributed by atoms with Gasteiger partial charge in [0.1, 0.15) is 5.65 Å². The van der Waals surface area contributed by atoms with Crippen LogP contribution in [0.25, 0.3) is 5.65 Å². The number of carbonyl (C=O) groups excluding carboxylic acids is 1. The minimum absolute atomic E-state index is 0.149. The molecular weight excluding hydrogens is 305 g/mol. The molecule has 0 saturated heterocycles. The summed E-state index contributed by atoms with van der Waals surface area (Å²) in [5.41, 5.74) is 0.237. The smallest absolute Gasteiger partial charge is 0.274 e. The van der Waals surface area contributed by atoms with Crippen molar-refractivity contribution in [2.24, 2.45) is 11.8 Å². The monoisotopic (exact) mass is 321 g/mol. The molecule has 22 heavy (non-hydrogen) atoms. The second kappa shape index (κ2) is 5.23. The van der Waals surface area contributed by atoms with Crippen LogP contribution < -0.4 is 5.32 Å². The molecule has 2 saturated carbocycles. The lowest BCUT2D eigenvalue weighted by molar-refractivity contribution is 0.0917. The summed E-state index contributed by atoms with van der Waals surface area (Å²) in [6.45, 7) is 0. The summed E-state index contributed by atoms with van der Waals surface area (Å²) in [5.74, 6) is 0.208. The molecule has 0 radical (unpaired) electrons. The molecule has 2 fully saturated rings. The largest absolute Gasteiger partial charge is 0.348 e. The van der Waals surface area contributed by atoms with Gasteiger partial charge in [-0.1, -0.05) is 24.4 Å². The van der Waals surface area contributed by atoms with Gasteiger partial charge in [-0.3, -0.25) is 9.20 Å². The number of nitrogens with zero attached hydrogens (tertiary/aromatic N) is 2. The number of hydrogen-bond donors (Lipinski definition) is 1. The summed E-state index contributed by atoms with van der Waals surface area (Å²) < 4.78 is 15.6. The van der Waals surface area contributed by atoms with Crippen LogP contribution in [-0.2, 0) is 0 Å². The summed E-state index contributed by atoms with van der Waals surface area (Å²) in [6.07, 6.45) is 7.25. The summed E-state index contributed by atoms with van der Waals surface area (Å²) >= 11 is 5.86. The van der Waals surface area contributed by atoms with E-state index in [1.54, 1.807) is 12.1 Å². The number of aromatic nitrogens is 2. The molecule has 2 aliphatic rings. The van der Waals surface area contributed by atoms with E-state index in [-0.39, 0.29) is 11.7 Å². The van der Waals surface area contributed by atoms with E-state index < -0.39 is 11.9 Å². The third kappa shape index (κ3) is 2.19. The summed E-state index contributed by atoms with van der Waals surface area (Å²) in [4.78, 5) is 16.5. The van der Waals surface area contributed by atoms with Crippen molar-refractivity contribution in [3.63, 3.8) is 0 Å². The number of halogens is 2. The molecular formula is C16H17ClFN3O. The number of hydrogen-bond acceptors (Lipinski definition) is 2. The van der Waals surface area contributed by atoms with Crippen molar-refractivity contribution in [2.75, 3.05) is 0 Å². The number of rotatable bonds is 2. The molecule has 2 aromatic rings. The Kier molecular flexibility index (Phi) is 3.33. The zero-order valence-electron chi connectivity index (χ0n) is 12.1. The van der Waals surface area contributed by atoms with Crippen molar-refractivity contribution >= 4 is 23.2 Å². The van der Waals surface area contributed by atoms with Crippen LogP contribution in [-0.4, -0.2) is 21.3 Å². The van der Waals surface area contributed by atoms with Crippen LogP contribution in [0.1, 0.15) is 42.6 Å². The first-order valence-corrected chi connectivity index (χ1v) is 8.15. The molecule has 2 aromatic heterocycles. The van der Waals surface area contributed by atoms with E-state index >= 15 is 0 Å². The highest BCUT2D eigenvalue weighted by Crippen LogP contribution is 2.44. The number of imidazole rings is 1. The normalized spacial score (nSPS) is 27.3. The lowest BCUT2D eigenvalue weighted by atomic mass is 9.97. The predicted octanol–water partition coefficient (Wildman–Crippen LogP) is 3.44. The van der Waals surface area contributed by atoms with Gasteiger partial charge in [0.2, 0.25) is 5.95 Å². The molecule has 0 unspecified atom stereocenters. The van der Waals surface area contributed by atoms with Gasteiger partial charge in [0.25, 0.3) is 5.91 Å². The van der Waals surface area contributed by atoms with Gasteiger partial charge >= 0.3 is 0 Å². The fraction of sp³-hybridized carbons (Fsp3) is 0.500. The first-order valence-electron chi connectivity index (χ1n) is 7.77. The van der Waals surface area contributed by atoms with Crippen LogP contribution in [0.4, 0.5) is 4.39 Å². The molecule has 0 aliphatic heterocycles. The number of pyridine rings is 1. The van der Waals surface area contributed by atoms with Crippen molar-refractivity contribution in [3.8, 4) is 0 Å². The van der Waals surface area contributed by atoms with Crippen molar-refractivity contribution in [2.45, 2.75) is 38.1 Å². The summed E-state index contributed by atoms with van der Waals surface area (Å²) in [6, 6.07) is 3.39. The van der Waals surface area contributed by atoms with Crippen LogP contribution in [0.5, 0.6) is 0 Å². The van der Waals surface area contributed by atoms with Crippen LogP contribution in [0.2, 0.25) is 5.02 Å². The van der Waals surface area contributed by atoms with Gasteiger partial charge in [-0.15, -0.1) is 0 Å². The standard InChI is InChI=1S/C16H17ClFN3O/c17-10-5-7-13-20-14(15(18)21(13)8-10)16(22)19-12-6-4-9-2-1-3-11(9)12/h5,7-9,11-12H,1-4,6H2,(H,19,22)/t9-,11-,12-/m0/s1. The maximum absolute atomic E-state index is 14.4. The number of amides is 1. The molecule has 1 N–H and O–H groups in total. The second-order valence-electron chi connectivity index (χ2n) is 6.34. The Hall–Kier alpha value is -1.62. The molecule has 2 heterocycles. The minimum atomic E-state index is -0.657. The van der Waals surface area contributed by atoms with Gasteiger partial charge in [0.05, 0.1) is 5.02 Å². The van der Waals surface area contributed by atoms with Crippen molar-refractivity contribution in [1.82, 2.24) is 14.7 Å². The molecule has 6 heteroatoms. The maximum atomic E-state index is 14.4. The van der Waals surface area contributed by atoms with Crippen LogP contribution in [0.3, 0.4) is 0 Å². The van der Waals surface area contributed by atoms with E-state index in [1.165, 1.54) is 36.3 Å². The van der Waals surface area contributed by atoms with Crippen LogP contribution in [0.15, 0.2) is 18.3 Å². The van der Waals surface area contributed by atoms with E-state index in [2.05, 4.69) is 10.3 Å². The predicted molar refractivity (Wildman–Crippen MR) is 81.5 cm³/mol. The summed E-state index contributed by atoms with van der Waals surface area (Å²) in [5, 5.41) is 3.40. The van der Waals surface area contributed by atoms with Crippen molar-refractivity contribution in [3.05, 3.63) is 35.0 Å². The molecule has 2 aliphatic carbocycles. The number of fused-ring (bicyclic) bond motifs is 2. The fourth-order valence-electron chi connectivity index (χ4n) is 4.11. The average Bonchev–Trinajstić information content (AvgIpc) is 3.17. The highest BCUT2D eigenvalue weighted by Gasteiger charge is 2.40. The van der Waals surface area contributed by atoms with Crippen LogP contribution in [0, 0.1) is 17.8 Å². The Morgan fingerprint density at radius 1 is 1.32 bits per heavy atom. The van der Waals surface area contributed by atoms with E-state index in [0.29, 0.717) is 16.6 Å². The third-order valence-electron chi connectivity index (χ3n) is 5.14. The van der Waals surface area contributed by atoms with Gasteiger partial charge in [-0.2, -0.15) is 4.39 Å². The van der Waals surface area contributed by atoms with Crippen LogP contribution >= 0.6 is 11.6 Å². The summed E-state index contributed by atoms with van der Waals surface area (Å²) in [7, 11) is 0. The lowest BCUT2D eigenvalue weighted by Crippen LogP contribution is -2.38. The lowest BCUT2D eigenvalue weighted by Gasteiger charge is -2.19. The topological polar surface area (TPSA) is 46.4 Å². The van der Waals surface area contributed by atoms with E-state index in [9.17, 15) is 9.18 Å².